The van der Waals surface area contributed by atoms with Crippen LogP contribution in [0.4, 0.5) is 14.5 Å². The van der Waals surface area contributed by atoms with Gasteiger partial charge in [-0.3, -0.25) is 14.3 Å². The van der Waals surface area contributed by atoms with Gasteiger partial charge in [0.25, 0.3) is 12.0 Å². The molecule has 0 amide bonds. The monoisotopic (exact) mass is 443 g/mol. The van der Waals surface area contributed by atoms with Crippen molar-refractivity contribution >= 4 is 16.6 Å². The van der Waals surface area contributed by atoms with Gasteiger partial charge >= 0.3 is 0 Å². The Labute approximate surface area is 184 Å². The van der Waals surface area contributed by atoms with Crippen molar-refractivity contribution in [3.05, 3.63) is 46.5 Å². The Bertz CT molecular complexity index is 1150. The maximum absolute atomic E-state index is 12.7. The molecular formula is C22H27F2N7O. The van der Waals surface area contributed by atoms with Crippen LogP contribution in [0, 0.1) is 0 Å². The summed E-state index contributed by atoms with van der Waals surface area (Å²) in [5.41, 5.74) is 1.10. The van der Waals surface area contributed by atoms with Crippen LogP contribution in [-0.4, -0.2) is 61.8 Å². The van der Waals surface area contributed by atoms with E-state index in [0.717, 1.165) is 67.6 Å². The summed E-state index contributed by atoms with van der Waals surface area (Å²) in [5.74, 6) is 2.18. The van der Waals surface area contributed by atoms with Crippen LogP contribution in [-0.2, 0) is 26.1 Å². The van der Waals surface area contributed by atoms with Crippen molar-refractivity contribution < 1.29 is 8.78 Å². The lowest BCUT2D eigenvalue weighted by atomic mass is 10.2. The quantitative estimate of drug-likeness (QED) is 0.603. The number of nitrogens with zero attached hydrogens (tertiary/aromatic N) is 7. The molecule has 170 valence electrons. The third kappa shape index (κ3) is 4.23. The molecule has 0 saturated carbocycles. The average molecular weight is 444 g/mol. The van der Waals surface area contributed by atoms with Gasteiger partial charge in [0.1, 0.15) is 11.6 Å². The molecule has 0 atom stereocenters. The number of aryl methyl sites for hydroxylation is 1. The molecule has 0 aliphatic carbocycles. The number of benzene rings is 1. The fourth-order valence-corrected chi connectivity index (χ4v) is 4.65. The van der Waals surface area contributed by atoms with E-state index in [9.17, 15) is 13.6 Å². The van der Waals surface area contributed by atoms with E-state index < -0.39 is 18.5 Å². The van der Waals surface area contributed by atoms with E-state index >= 15 is 0 Å². The second-order valence-corrected chi connectivity index (χ2v) is 8.55. The Morgan fingerprint density at radius 2 is 1.84 bits per heavy atom. The van der Waals surface area contributed by atoms with Crippen molar-refractivity contribution in [3.63, 3.8) is 0 Å². The van der Waals surface area contributed by atoms with E-state index in [0.29, 0.717) is 10.9 Å². The second kappa shape index (κ2) is 8.93. The first-order valence-electron chi connectivity index (χ1n) is 11.2. The standard InChI is InChI=1S/C22H27F2N7O/c23-19(24)13-30-15-25-18-12-16(5-6-17(18)22(30)32)29-10-8-28(9-11-29)14-21-27-26-20-4-2-1-3-7-31(20)21/h5-6,12,15,19H,1-4,7-11,13-14H2. The van der Waals surface area contributed by atoms with Crippen LogP contribution >= 0.6 is 0 Å². The van der Waals surface area contributed by atoms with Crippen LogP contribution in [0.15, 0.2) is 29.3 Å². The Hall–Kier alpha value is -2.88. The van der Waals surface area contributed by atoms with Gasteiger partial charge in [-0.2, -0.15) is 0 Å². The third-order valence-corrected chi connectivity index (χ3v) is 6.43. The zero-order valence-corrected chi connectivity index (χ0v) is 18.0. The number of halogens is 2. The minimum atomic E-state index is -2.59. The molecule has 0 radical (unpaired) electrons. The first kappa shape index (κ1) is 21.0. The van der Waals surface area contributed by atoms with Crippen molar-refractivity contribution in [2.24, 2.45) is 0 Å². The number of rotatable bonds is 5. The molecule has 0 N–H and O–H groups in total. The van der Waals surface area contributed by atoms with E-state index in [-0.39, 0.29) is 0 Å². The zero-order chi connectivity index (χ0) is 22.1. The number of anilines is 1. The van der Waals surface area contributed by atoms with Gasteiger partial charge in [0.15, 0.2) is 0 Å². The molecule has 4 heterocycles. The van der Waals surface area contributed by atoms with Crippen LogP contribution in [0.3, 0.4) is 0 Å². The molecule has 1 fully saturated rings. The molecule has 5 rings (SSSR count). The van der Waals surface area contributed by atoms with Gasteiger partial charge in [-0.15, -0.1) is 10.2 Å². The van der Waals surface area contributed by atoms with Gasteiger partial charge in [0.05, 0.1) is 30.3 Å². The zero-order valence-electron chi connectivity index (χ0n) is 18.0. The number of fused-ring (bicyclic) bond motifs is 2. The predicted molar refractivity (Wildman–Crippen MR) is 117 cm³/mol. The Morgan fingerprint density at radius 3 is 2.66 bits per heavy atom. The summed E-state index contributed by atoms with van der Waals surface area (Å²) in [6.07, 6.45) is 3.27. The van der Waals surface area contributed by atoms with Crippen molar-refractivity contribution in [3.8, 4) is 0 Å². The van der Waals surface area contributed by atoms with E-state index in [1.54, 1.807) is 6.07 Å². The summed E-state index contributed by atoms with van der Waals surface area (Å²) in [4.78, 5) is 21.3. The number of hydrogen-bond donors (Lipinski definition) is 0. The fourth-order valence-electron chi connectivity index (χ4n) is 4.65. The van der Waals surface area contributed by atoms with Crippen molar-refractivity contribution in [1.82, 2.24) is 29.2 Å². The molecule has 2 aromatic heterocycles. The van der Waals surface area contributed by atoms with E-state index in [1.807, 2.05) is 12.1 Å². The first-order chi connectivity index (χ1) is 15.6. The lowest BCUT2D eigenvalue weighted by molar-refractivity contribution is 0.125. The Morgan fingerprint density at radius 1 is 1.00 bits per heavy atom. The molecule has 8 nitrogen and oxygen atoms in total. The smallest absolute Gasteiger partial charge is 0.261 e. The number of alkyl halides is 2. The highest BCUT2D eigenvalue weighted by Crippen LogP contribution is 2.22. The van der Waals surface area contributed by atoms with Crippen LogP contribution in [0.1, 0.15) is 30.9 Å². The largest absolute Gasteiger partial charge is 0.369 e. The predicted octanol–water partition coefficient (Wildman–Crippen LogP) is 2.30. The summed E-state index contributed by atoms with van der Waals surface area (Å²) < 4.78 is 28.6. The van der Waals surface area contributed by atoms with Crippen LogP contribution < -0.4 is 10.5 Å². The van der Waals surface area contributed by atoms with Crippen LogP contribution in [0.5, 0.6) is 0 Å². The second-order valence-electron chi connectivity index (χ2n) is 8.55. The minimum absolute atomic E-state index is 0.364. The van der Waals surface area contributed by atoms with E-state index in [2.05, 4.69) is 29.5 Å². The van der Waals surface area contributed by atoms with Gasteiger partial charge < -0.3 is 9.47 Å². The Balaban J connectivity index is 1.25. The summed E-state index contributed by atoms with van der Waals surface area (Å²) >= 11 is 0. The van der Waals surface area contributed by atoms with Crippen LogP contribution in [0.25, 0.3) is 10.9 Å². The summed E-state index contributed by atoms with van der Waals surface area (Å²) in [7, 11) is 0. The van der Waals surface area contributed by atoms with Gasteiger partial charge in [-0.25, -0.2) is 13.8 Å². The fraction of sp³-hybridized carbons (Fsp3) is 0.545. The molecule has 3 aromatic rings. The average Bonchev–Trinajstić information content (AvgIpc) is 3.01. The van der Waals surface area contributed by atoms with Gasteiger partial charge in [0, 0.05) is 44.8 Å². The van der Waals surface area contributed by atoms with Crippen LogP contribution in [0.2, 0.25) is 0 Å². The number of hydrogen-bond acceptors (Lipinski definition) is 6. The molecule has 0 spiro atoms. The summed E-state index contributed by atoms with van der Waals surface area (Å²) in [6, 6.07) is 5.45. The highest BCUT2D eigenvalue weighted by atomic mass is 19.3. The van der Waals surface area contributed by atoms with Gasteiger partial charge in [0.2, 0.25) is 0 Å². The lowest BCUT2D eigenvalue weighted by Gasteiger charge is -2.36. The van der Waals surface area contributed by atoms with Crippen molar-refractivity contribution in [2.75, 3.05) is 31.1 Å². The van der Waals surface area contributed by atoms with Gasteiger partial charge in [-0.05, 0) is 31.0 Å². The molecule has 0 bridgehead atoms. The number of aromatic nitrogens is 5. The van der Waals surface area contributed by atoms with Gasteiger partial charge in [-0.1, -0.05) is 6.42 Å². The summed E-state index contributed by atoms with van der Waals surface area (Å²) in [6.45, 7) is 4.71. The molecule has 2 aliphatic rings. The Kier molecular flexibility index (Phi) is 5.86. The molecular weight excluding hydrogens is 416 g/mol. The first-order valence-corrected chi connectivity index (χ1v) is 11.2. The molecule has 1 saturated heterocycles. The van der Waals surface area contributed by atoms with E-state index in [4.69, 9.17) is 0 Å². The molecule has 0 unspecified atom stereocenters. The normalized spacial score (nSPS) is 17.7. The van der Waals surface area contributed by atoms with Crippen molar-refractivity contribution in [2.45, 2.75) is 51.7 Å². The molecule has 10 heteroatoms. The summed E-state index contributed by atoms with van der Waals surface area (Å²) in [5, 5.41) is 9.22. The maximum Gasteiger partial charge on any atom is 0.261 e. The molecule has 32 heavy (non-hydrogen) atoms. The maximum atomic E-state index is 12.7. The molecule has 1 aromatic carbocycles. The van der Waals surface area contributed by atoms with Crippen molar-refractivity contribution in [1.29, 1.82) is 0 Å². The third-order valence-electron chi connectivity index (χ3n) is 6.43. The minimum Gasteiger partial charge on any atom is -0.369 e. The number of piperazine rings is 1. The molecule has 2 aliphatic heterocycles. The van der Waals surface area contributed by atoms with E-state index in [1.165, 1.54) is 25.6 Å². The highest BCUT2D eigenvalue weighted by molar-refractivity contribution is 5.81. The lowest BCUT2D eigenvalue weighted by Crippen LogP contribution is -2.46. The SMILES string of the molecule is O=c1c2ccc(N3CCN(Cc4nnc5n4CCCCC5)CC3)cc2ncn1CC(F)F. The highest BCUT2D eigenvalue weighted by Gasteiger charge is 2.22. The topological polar surface area (TPSA) is 72.1 Å².